The standard InChI is InChI=1S/C36H32N4O8S/c1-3-32(34(42)38-25-6-4-5-7-27(25)44-2)49-36-39-26-16-31-30(47-20-48-31)15-24(26)35(43)40(36)18-21-8-11-23(12-9-21)33(41)37-17-22-10-13-28-29(14-22)46-19-45-28/h4-16,32H,3,17-20H2,1-2H3,(H,37,41)(H,38,42). The van der Waals surface area contributed by atoms with E-state index in [1.807, 2.05) is 37.3 Å². The van der Waals surface area contributed by atoms with Crippen molar-refractivity contribution in [2.24, 2.45) is 0 Å². The van der Waals surface area contributed by atoms with Gasteiger partial charge in [0, 0.05) is 18.2 Å². The fraction of sp³-hybridized carbons (Fsp3) is 0.222. The predicted molar refractivity (Wildman–Crippen MR) is 183 cm³/mol. The number of ether oxygens (including phenoxy) is 5. The molecular weight excluding hydrogens is 648 g/mol. The van der Waals surface area contributed by atoms with Crippen LogP contribution in [0.4, 0.5) is 5.69 Å². The number of benzene rings is 4. The second-order valence-corrected chi connectivity index (χ2v) is 12.4. The van der Waals surface area contributed by atoms with Crippen LogP contribution in [0.25, 0.3) is 10.9 Å². The van der Waals surface area contributed by atoms with Gasteiger partial charge in [-0.2, -0.15) is 0 Å². The van der Waals surface area contributed by atoms with Crippen LogP contribution in [-0.4, -0.2) is 47.3 Å². The van der Waals surface area contributed by atoms with Gasteiger partial charge in [0.25, 0.3) is 11.5 Å². The Balaban J connectivity index is 1.13. The number of nitrogens with zero attached hydrogens (tertiary/aromatic N) is 2. The Morgan fingerprint density at radius 1 is 0.898 bits per heavy atom. The summed E-state index contributed by atoms with van der Waals surface area (Å²) in [5.74, 6) is 2.35. The van der Waals surface area contributed by atoms with Crippen LogP contribution in [-0.2, 0) is 17.9 Å². The molecule has 0 saturated heterocycles. The summed E-state index contributed by atoms with van der Waals surface area (Å²) < 4.78 is 28.8. The van der Waals surface area contributed by atoms with Gasteiger partial charge in [0.05, 0.1) is 35.5 Å². The Bertz CT molecular complexity index is 2120. The fourth-order valence-corrected chi connectivity index (χ4v) is 6.52. The molecular formula is C36H32N4O8S. The second-order valence-electron chi connectivity index (χ2n) is 11.3. The van der Waals surface area contributed by atoms with Gasteiger partial charge in [-0.1, -0.05) is 49.0 Å². The number of nitrogens with one attached hydrogen (secondary N) is 2. The van der Waals surface area contributed by atoms with Gasteiger partial charge in [-0.3, -0.25) is 19.0 Å². The quantitative estimate of drug-likeness (QED) is 0.139. The molecule has 0 bridgehead atoms. The third-order valence-electron chi connectivity index (χ3n) is 8.14. The maximum Gasteiger partial charge on any atom is 0.262 e. The molecule has 3 heterocycles. The summed E-state index contributed by atoms with van der Waals surface area (Å²) in [5.41, 5.74) is 2.80. The molecule has 2 amide bonds. The van der Waals surface area contributed by atoms with Crippen LogP contribution in [0.1, 0.15) is 34.8 Å². The lowest BCUT2D eigenvalue weighted by Gasteiger charge is -2.19. The minimum atomic E-state index is -0.578. The summed E-state index contributed by atoms with van der Waals surface area (Å²) in [6, 6.07) is 23.0. The molecule has 5 aromatic rings. The Morgan fingerprint density at radius 2 is 1.59 bits per heavy atom. The number of fused-ring (bicyclic) bond motifs is 3. The molecule has 1 aromatic heterocycles. The van der Waals surface area contributed by atoms with Gasteiger partial charge in [-0.15, -0.1) is 0 Å². The van der Waals surface area contributed by atoms with Crippen LogP contribution in [0.15, 0.2) is 88.8 Å². The third-order valence-corrected chi connectivity index (χ3v) is 9.49. The Morgan fingerprint density at radius 3 is 2.35 bits per heavy atom. The molecule has 13 heteroatoms. The van der Waals surface area contributed by atoms with Crippen LogP contribution >= 0.6 is 11.8 Å². The monoisotopic (exact) mass is 680 g/mol. The minimum absolute atomic E-state index is 0.0547. The molecule has 0 radical (unpaired) electrons. The molecule has 0 saturated carbocycles. The third kappa shape index (κ3) is 6.70. The van der Waals surface area contributed by atoms with E-state index in [2.05, 4.69) is 10.6 Å². The zero-order chi connectivity index (χ0) is 33.9. The largest absolute Gasteiger partial charge is 0.495 e. The normalized spacial score (nSPS) is 13.3. The number of amides is 2. The first kappa shape index (κ1) is 31.9. The number of methoxy groups -OCH3 is 1. The summed E-state index contributed by atoms with van der Waals surface area (Å²) in [6.45, 7) is 2.61. The first-order valence-electron chi connectivity index (χ1n) is 15.6. The Hall–Kier alpha value is -5.69. The number of carbonyl (C=O) groups excluding carboxylic acids is 2. The number of aromatic nitrogens is 2. The topological polar surface area (TPSA) is 139 Å². The van der Waals surface area contributed by atoms with Gasteiger partial charge in [0.2, 0.25) is 19.5 Å². The van der Waals surface area contributed by atoms with Crippen LogP contribution in [0.3, 0.4) is 0 Å². The van der Waals surface area contributed by atoms with E-state index in [-0.39, 0.29) is 37.5 Å². The van der Waals surface area contributed by atoms with Crippen LogP contribution < -0.4 is 39.9 Å². The minimum Gasteiger partial charge on any atom is -0.495 e. The van der Waals surface area contributed by atoms with Crippen molar-refractivity contribution in [1.82, 2.24) is 14.9 Å². The zero-order valence-corrected chi connectivity index (χ0v) is 27.5. The fourth-order valence-electron chi connectivity index (χ4n) is 5.51. The van der Waals surface area contributed by atoms with Crippen molar-refractivity contribution in [3.63, 3.8) is 0 Å². The van der Waals surface area contributed by atoms with Crippen LogP contribution in [0.2, 0.25) is 0 Å². The molecule has 1 atom stereocenters. The average Bonchev–Trinajstić information content (AvgIpc) is 3.80. The summed E-state index contributed by atoms with van der Waals surface area (Å²) in [7, 11) is 1.54. The lowest BCUT2D eigenvalue weighted by atomic mass is 10.1. The molecule has 0 aliphatic carbocycles. The van der Waals surface area contributed by atoms with Crippen molar-refractivity contribution in [3.05, 3.63) is 106 Å². The molecule has 7 rings (SSSR count). The Labute approximate surface area is 285 Å². The number of anilines is 1. The van der Waals surface area contributed by atoms with Crippen molar-refractivity contribution < 1.29 is 33.3 Å². The molecule has 2 aliphatic rings. The molecule has 250 valence electrons. The lowest BCUT2D eigenvalue weighted by Crippen LogP contribution is -2.28. The van der Waals surface area contributed by atoms with Crippen molar-refractivity contribution in [2.45, 2.75) is 36.8 Å². The van der Waals surface area contributed by atoms with E-state index in [0.29, 0.717) is 69.0 Å². The van der Waals surface area contributed by atoms with Crippen molar-refractivity contribution in [2.75, 3.05) is 26.0 Å². The molecule has 1 unspecified atom stereocenters. The van der Waals surface area contributed by atoms with E-state index in [4.69, 9.17) is 28.7 Å². The van der Waals surface area contributed by atoms with E-state index in [1.54, 1.807) is 60.2 Å². The highest BCUT2D eigenvalue weighted by Gasteiger charge is 2.25. The van der Waals surface area contributed by atoms with E-state index in [1.165, 1.54) is 11.8 Å². The number of thioether (sulfide) groups is 1. The number of rotatable bonds is 11. The molecule has 0 fully saturated rings. The van der Waals surface area contributed by atoms with Crippen molar-refractivity contribution in [1.29, 1.82) is 0 Å². The highest BCUT2D eigenvalue weighted by Crippen LogP contribution is 2.36. The van der Waals surface area contributed by atoms with Crippen molar-refractivity contribution in [3.8, 4) is 28.7 Å². The summed E-state index contributed by atoms with van der Waals surface area (Å²) in [4.78, 5) is 45.3. The predicted octanol–water partition coefficient (Wildman–Crippen LogP) is 5.35. The molecule has 0 spiro atoms. The van der Waals surface area contributed by atoms with E-state index >= 15 is 0 Å². The van der Waals surface area contributed by atoms with Gasteiger partial charge in [-0.25, -0.2) is 4.98 Å². The number of carbonyl (C=O) groups is 2. The number of para-hydroxylation sites is 2. The average molecular weight is 681 g/mol. The van der Waals surface area contributed by atoms with Crippen LogP contribution in [0, 0.1) is 0 Å². The smallest absolute Gasteiger partial charge is 0.262 e. The zero-order valence-electron chi connectivity index (χ0n) is 26.7. The summed E-state index contributed by atoms with van der Waals surface area (Å²) in [5, 5.41) is 6.02. The summed E-state index contributed by atoms with van der Waals surface area (Å²) >= 11 is 1.20. The number of hydrogen-bond acceptors (Lipinski definition) is 10. The molecule has 2 aliphatic heterocycles. The van der Waals surface area contributed by atoms with Gasteiger partial charge in [0.15, 0.2) is 28.2 Å². The maximum absolute atomic E-state index is 14.0. The van der Waals surface area contributed by atoms with E-state index in [0.717, 1.165) is 11.1 Å². The van der Waals surface area contributed by atoms with Crippen molar-refractivity contribution >= 4 is 40.2 Å². The SMILES string of the molecule is CCC(Sc1nc2cc3c(cc2c(=O)n1Cc1ccc(C(=O)NCc2ccc4c(c2)OCO4)cc1)OCO3)C(=O)Nc1ccccc1OC. The second kappa shape index (κ2) is 13.8. The van der Waals surface area contributed by atoms with Gasteiger partial charge < -0.3 is 34.3 Å². The molecule has 49 heavy (non-hydrogen) atoms. The number of hydrogen-bond donors (Lipinski definition) is 2. The van der Waals surface area contributed by atoms with Gasteiger partial charge in [0.1, 0.15) is 5.75 Å². The molecule has 4 aromatic carbocycles. The molecule has 12 nitrogen and oxygen atoms in total. The van der Waals surface area contributed by atoms with E-state index in [9.17, 15) is 14.4 Å². The highest BCUT2D eigenvalue weighted by atomic mass is 32.2. The Kier molecular flexibility index (Phi) is 8.99. The van der Waals surface area contributed by atoms with Gasteiger partial charge >= 0.3 is 0 Å². The first-order valence-corrected chi connectivity index (χ1v) is 16.5. The first-order chi connectivity index (χ1) is 23.9. The van der Waals surface area contributed by atoms with E-state index < -0.39 is 5.25 Å². The lowest BCUT2D eigenvalue weighted by molar-refractivity contribution is -0.115. The summed E-state index contributed by atoms with van der Waals surface area (Å²) in [6.07, 6.45) is 0.469. The van der Waals surface area contributed by atoms with Gasteiger partial charge in [-0.05, 0) is 60.0 Å². The molecule has 2 N–H and O–H groups in total. The maximum atomic E-state index is 14.0. The highest BCUT2D eigenvalue weighted by molar-refractivity contribution is 8.00. The van der Waals surface area contributed by atoms with Crippen LogP contribution in [0.5, 0.6) is 28.7 Å².